The standard InChI is InChI=1S/C13H26O2.C8H18O.2CH4/c1-6-13-14-11(7-9(2)3)8-12(15-13)10(4)5;1-6(2)5-8(9)7(3)4;;/h9-13H,6-8H2,1-5H3;6-9H,5H2,1-4H3;2*1H4. The lowest BCUT2D eigenvalue weighted by molar-refractivity contribution is -0.253. The highest BCUT2D eigenvalue weighted by molar-refractivity contribution is 4.75. The van der Waals surface area contributed by atoms with E-state index in [1.807, 2.05) is 13.8 Å². The highest BCUT2D eigenvalue weighted by atomic mass is 16.7. The van der Waals surface area contributed by atoms with Gasteiger partial charge in [0.05, 0.1) is 18.3 Å². The Morgan fingerprint density at radius 2 is 1.42 bits per heavy atom. The van der Waals surface area contributed by atoms with E-state index in [0.29, 0.717) is 35.9 Å². The molecule has 1 saturated heterocycles. The van der Waals surface area contributed by atoms with Crippen LogP contribution in [-0.2, 0) is 9.47 Å². The van der Waals surface area contributed by atoms with Crippen LogP contribution in [-0.4, -0.2) is 29.7 Å². The van der Waals surface area contributed by atoms with Gasteiger partial charge in [-0.15, -0.1) is 0 Å². The summed E-state index contributed by atoms with van der Waals surface area (Å²) in [7, 11) is 0. The Bertz CT molecular complexity index is 300. The summed E-state index contributed by atoms with van der Waals surface area (Å²) in [6.45, 7) is 19.5. The highest BCUT2D eigenvalue weighted by Crippen LogP contribution is 2.28. The number of hydrogen-bond acceptors (Lipinski definition) is 3. The second kappa shape index (κ2) is 15.9. The van der Waals surface area contributed by atoms with E-state index in [1.54, 1.807) is 0 Å². The summed E-state index contributed by atoms with van der Waals surface area (Å²) in [6.07, 6.45) is 4.80. The molecule has 0 amide bonds. The van der Waals surface area contributed by atoms with Gasteiger partial charge < -0.3 is 14.6 Å². The maximum Gasteiger partial charge on any atom is 0.158 e. The largest absolute Gasteiger partial charge is 0.393 e. The molecule has 26 heavy (non-hydrogen) atoms. The number of ether oxygens (including phenoxy) is 2. The Hall–Kier alpha value is -0.120. The van der Waals surface area contributed by atoms with E-state index in [4.69, 9.17) is 9.47 Å². The summed E-state index contributed by atoms with van der Waals surface area (Å²) in [6, 6.07) is 0. The second-order valence-electron chi connectivity index (χ2n) is 8.82. The molecule has 1 rings (SSSR count). The molecule has 1 aliphatic heterocycles. The zero-order valence-corrected chi connectivity index (χ0v) is 17.7. The van der Waals surface area contributed by atoms with Crippen molar-refractivity contribution in [1.29, 1.82) is 0 Å². The van der Waals surface area contributed by atoms with Crippen LogP contribution in [0.15, 0.2) is 0 Å². The summed E-state index contributed by atoms with van der Waals surface area (Å²) in [5.41, 5.74) is 0. The van der Waals surface area contributed by atoms with Crippen LogP contribution in [0.4, 0.5) is 0 Å². The van der Waals surface area contributed by atoms with Crippen LogP contribution in [0.5, 0.6) is 0 Å². The summed E-state index contributed by atoms with van der Waals surface area (Å²) < 4.78 is 11.8. The predicted molar refractivity (Wildman–Crippen MR) is 116 cm³/mol. The lowest BCUT2D eigenvalue weighted by atomic mass is 9.94. The van der Waals surface area contributed by atoms with Crippen molar-refractivity contribution in [3.63, 3.8) is 0 Å². The number of aliphatic hydroxyl groups is 1. The third kappa shape index (κ3) is 14.0. The van der Waals surface area contributed by atoms with E-state index in [2.05, 4.69) is 48.5 Å². The molecular formula is C23H52O3. The van der Waals surface area contributed by atoms with Crippen LogP contribution >= 0.6 is 0 Å². The summed E-state index contributed by atoms with van der Waals surface area (Å²) >= 11 is 0. The van der Waals surface area contributed by atoms with Crippen molar-refractivity contribution >= 4 is 0 Å². The van der Waals surface area contributed by atoms with Gasteiger partial charge in [0.1, 0.15) is 0 Å². The molecule has 0 aromatic carbocycles. The smallest absolute Gasteiger partial charge is 0.158 e. The molecule has 1 N–H and O–H groups in total. The molecule has 0 spiro atoms. The van der Waals surface area contributed by atoms with Gasteiger partial charge in [0, 0.05) is 6.42 Å². The molecule has 0 aliphatic carbocycles. The zero-order chi connectivity index (χ0) is 18.9. The maximum absolute atomic E-state index is 9.30. The molecule has 0 bridgehead atoms. The van der Waals surface area contributed by atoms with Gasteiger partial charge in [0.15, 0.2) is 6.29 Å². The molecule has 1 aliphatic rings. The van der Waals surface area contributed by atoms with Crippen molar-refractivity contribution in [1.82, 2.24) is 0 Å². The fourth-order valence-electron chi connectivity index (χ4n) is 2.87. The van der Waals surface area contributed by atoms with Crippen molar-refractivity contribution in [2.75, 3.05) is 0 Å². The van der Waals surface area contributed by atoms with Crippen molar-refractivity contribution < 1.29 is 14.6 Å². The lowest BCUT2D eigenvalue weighted by Crippen LogP contribution is -2.40. The minimum atomic E-state index is -0.106. The molecule has 0 aromatic heterocycles. The highest BCUT2D eigenvalue weighted by Gasteiger charge is 2.30. The molecule has 1 fully saturated rings. The topological polar surface area (TPSA) is 38.7 Å². The van der Waals surface area contributed by atoms with E-state index in [1.165, 1.54) is 0 Å². The van der Waals surface area contributed by atoms with Crippen molar-refractivity contribution in [3.05, 3.63) is 0 Å². The van der Waals surface area contributed by atoms with Crippen molar-refractivity contribution in [3.8, 4) is 0 Å². The molecule has 162 valence electrons. The fourth-order valence-corrected chi connectivity index (χ4v) is 2.87. The van der Waals surface area contributed by atoms with Gasteiger partial charge in [-0.2, -0.15) is 0 Å². The first-order valence-corrected chi connectivity index (χ1v) is 10.1. The average molecular weight is 377 g/mol. The number of hydrogen-bond donors (Lipinski definition) is 1. The molecule has 0 aromatic rings. The Balaban J connectivity index is -0.000000422. The van der Waals surface area contributed by atoms with Crippen molar-refractivity contribution in [2.45, 2.75) is 127 Å². The average Bonchev–Trinajstić information content (AvgIpc) is 2.45. The molecule has 3 nitrogen and oxygen atoms in total. The Morgan fingerprint density at radius 3 is 1.73 bits per heavy atom. The quantitative estimate of drug-likeness (QED) is 0.524. The van der Waals surface area contributed by atoms with Gasteiger partial charge in [0.25, 0.3) is 0 Å². The van der Waals surface area contributed by atoms with E-state index in [-0.39, 0.29) is 27.2 Å². The molecule has 4 atom stereocenters. The van der Waals surface area contributed by atoms with Crippen LogP contribution in [0.2, 0.25) is 0 Å². The van der Waals surface area contributed by atoms with Crippen molar-refractivity contribution in [2.24, 2.45) is 23.7 Å². The van der Waals surface area contributed by atoms with Gasteiger partial charge in [-0.1, -0.05) is 77.2 Å². The molecule has 1 heterocycles. The number of aliphatic hydroxyl groups excluding tert-OH is 1. The van der Waals surface area contributed by atoms with Gasteiger partial charge in [-0.3, -0.25) is 0 Å². The molecule has 3 heteroatoms. The molecule has 4 unspecified atom stereocenters. The Labute approximate surface area is 166 Å². The Morgan fingerprint density at radius 1 is 0.885 bits per heavy atom. The second-order valence-corrected chi connectivity index (χ2v) is 8.82. The first-order chi connectivity index (χ1) is 11.1. The monoisotopic (exact) mass is 376 g/mol. The van der Waals surface area contributed by atoms with Crippen LogP contribution in [0.3, 0.4) is 0 Å². The number of rotatable bonds is 7. The predicted octanol–water partition coefficient (Wildman–Crippen LogP) is 6.92. The van der Waals surface area contributed by atoms with Gasteiger partial charge in [-0.25, -0.2) is 0 Å². The van der Waals surface area contributed by atoms with E-state index in [0.717, 1.165) is 25.7 Å². The van der Waals surface area contributed by atoms with Crippen LogP contribution < -0.4 is 0 Å². The summed E-state index contributed by atoms with van der Waals surface area (Å²) in [4.78, 5) is 0. The van der Waals surface area contributed by atoms with E-state index >= 15 is 0 Å². The van der Waals surface area contributed by atoms with Gasteiger partial charge in [0.2, 0.25) is 0 Å². The lowest BCUT2D eigenvalue weighted by Gasteiger charge is -2.38. The maximum atomic E-state index is 9.30. The van der Waals surface area contributed by atoms with Crippen LogP contribution in [0, 0.1) is 23.7 Å². The Kier molecular flexibility index (Phi) is 18.7. The van der Waals surface area contributed by atoms with Crippen LogP contribution in [0.25, 0.3) is 0 Å². The van der Waals surface area contributed by atoms with Crippen LogP contribution in [0.1, 0.15) is 103 Å². The molecule has 0 radical (unpaired) electrons. The van der Waals surface area contributed by atoms with Gasteiger partial charge >= 0.3 is 0 Å². The fraction of sp³-hybridized carbons (Fsp3) is 1.00. The SMILES string of the molecule is C.C.CC(C)CC(O)C(C)C.CCC1OC(CC(C)C)CC(C(C)C)O1. The first kappa shape index (κ1) is 30.6. The third-order valence-corrected chi connectivity index (χ3v) is 4.46. The third-order valence-electron chi connectivity index (χ3n) is 4.46. The van der Waals surface area contributed by atoms with Gasteiger partial charge in [-0.05, 0) is 42.9 Å². The molecule has 0 saturated carbocycles. The summed E-state index contributed by atoms with van der Waals surface area (Å²) in [5.74, 6) is 2.32. The minimum absolute atomic E-state index is 0. The first-order valence-electron chi connectivity index (χ1n) is 10.1. The van der Waals surface area contributed by atoms with E-state index < -0.39 is 0 Å². The summed E-state index contributed by atoms with van der Waals surface area (Å²) in [5, 5.41) is 9.30. The van der Waals surface area contributed by atoms with E-state index in [9.17, 15) is 5.11 Å². The minimum Gasteiger partial charge on any atom is -0.393 e. The molecular weight excluding hydrogens is 324 g/mol. The zero-order valence-electron chi connectivity index (χ0n) is 17.7. The normalized spacial score (nSPS) is 24.0.